The standard InChI is InChI=1S/C7H11NOS/c9-7(3-6-10)1-4-8-5-2-7/h8-10H,1-2,4-5H2. The van der Waals surface area contributed by atoms with Gasteiger partial charge in [0.05, 0.1) is 0 Å². The lowest BCUT2D eigenvalue weighted by Gasteiger charge is -2.26. The summed E-state index contributed by atoms with van der Waals surface area (Å²) in [4.78, 5) is 0. The largest absolute Gasteiger partial charge is 0.377 e. The minimum absolute atomic E-state index is 0.709. The van der Waals surface area contributed by atoms with Crippen LogP contribution < -0.4 is 5.32 Å². The number of nitrogens with one attached hydrogen (secondary N) is 1. The van der Waals surface area contributed by atoms with Gasteiger partial charge in [0, 0.05) is 12.8 Å². The van der Waals surface area contributed by atoms with Gasteiger partial charge in [-0.15, -0.1) is 0 Å². The van der Waals surface area contributed by atoms with Crippen LogP contribution in [-0.4, -0.2) is 23.8 Å². The molecular weight excluding hydrogens is 146 g/mol. The average Bonchev–Trinajstić information content (AvgIpc) is 1.89. The minimum Gasteiger partial charge on any atom is -0.377 e. The van der Waals surface area contributed by atoms with Gasteiger partial charge < -0.3 is 10.4 Å². The molecule has 0 radical (unpaired) electrons. The molecule has 1 fully saturated rings. The molecule has 0 unspecified atom stereocenters. The van der Waals surface area contributed by atoms with Gasteiger partial charge in [-0.1, -0.05) is 18.5 Å². The number of piperidine rings is 1. The van der Waals surface area contributed by atoms with E-state index >= 15 is 0 Å². The highest BCUT2D eigenvalue weighted by Crippen LogP contribution is 2.16. The number of aliphatic hydroxyl groups is 1. The number of hydrogen-bond acceptors (Lipinski definition) is 3. The lowest BCUT2D eigenvalue weighted by molar-refractivity contribution is 0.0680. The predicted molar refractivity (Wildman–Crippen MR) is 43.8 cm³/mol. The van der Waals surface area contributed by atoms with E-state index in [0.717, 1.165) is 13.1 Å². The van der Waals surface area contributed by atoms with Crippen molar-refractivity contribution in [3.8, 4) is 11.2 Å². The molecule has 0 spiro atoms. The highest BCUT2D eigenvalue weighted by molar-refractivity contribution is 7.85. The Morgan fingerprint density at radius 2 is 2.00 bits per heavy atom. The van der Waals surface area contributed by atoms with E-state index in [4.69, 9.17) is 0 Å². The van der Waals surface area contributed by atoms with Gasteiger partial charge in [-0.05, 0) is 18.3 Å². The van der Waals surface area contributed by atoms with E-state index in [1.165, 1.54) is 0 Å². The van der Waals surface area contributed by atoms with Gasteiger partial charge in [0.1, 0.15) is 5.60 Å². The molecule has 0 aromatic rings. The number of thiol groups is 1. The topological polar surface area (TPSA) is 32.3 Å². The quantitative estimate of drug-likeness (QED) is 0.341. The zero-order valence-electron chi connectivity index (χ0n) is 5.72. The van der Waals surface area contributed by atoms with Gasteiger partial charge in [-0.3, -0.25) is 0 Å². The Bertz CT molecular complexity index is 164. The van der Waals surface area contributed by atoms with Crippen molar-refractivity contribution in [2.75, 3.05) is 13.1 Å². The van der Waals surface area contributed by atoms with E-state index < -0.39 is 5.60 Å². The lowest BCUT2D eigenvalue weighted by Crippen LogP contribution is -2.40. The monoisotopic (exact) mass is 157 g/mol. The van der Waals surface area contributed by atoms with Crippen LogP contribution in [0.3, 0.4) is 0 Å². The Hall–Kier alpha value is -0.170. The summed E-state index contributed by atoms with van der Waals surface area (Å²) in [5, 5.41) is 15.2. The molecule has 2 nitrogen and oxygen atoms in total. The third-order valence-corrected chi connectivity index (χ3v) is 1.83. The lowest BCUT2D eigenvalue weighted by atomic mass is 9.94. The first-order valence-electron chi connectivity index (χ1n) is 3.36. The summed E-state index contributed by atoms with van der Waals surface area (Å²) < 4.78 is 0. The van der Waals surface area contributed by atoms with Crippen LogP contribution in [0.1, 0.15) is 12.8 Å². The van der Waals surface area contributed by atoms with Gasteiger partial charge >= 0.3 is 0 Å². The third kappa shape index (κ3) is 1.91. The summed E-state index contributed by atoms with van der Waals surface area (Å²) in [7, 11) is 0. The van der Waals surface area contributed by atoms with Gasteiger partial charge in [0.15, 0.2) is 0 Å². The van der Waals surface area contributed by atoms with E-state index in [1.807, 2.05) is 0 Å². The first-order chi connectivity index (χ1) is 4.77. The van der Waals surface area contributed by atoms with Crippen LogP contribution >= 0.6 is 12.6 Å². The molecule has 1 rings (SSSR count). The minimum atomic E-state index is -0.771. The summed E-state index contributed by atoms with van der Waals surface area (Å²) in [6, 6.07) is 0. The van der Waals surface area contributed by atoms with Crippen molar-refractivity contribution in [2.45, 2.75) is 18.4 Å². The van der Waals surface area contributed by atoms with Crippen molar-refractivity contribution < 1.29 is 5.11 Å². The zero-order valence-corrected chi connectivity index (χ0v) is 6.62. The van der Waals surface area contributed by atoms with Gasteiger partial charge in [-0.2, -0.15) is 0 Å². The maximum absolute atomic E-state index is 9.61. The molecule has 0 bridgehead atoms. The van der Waals surface area contributed by atoms with E-state index in [2.05, 4.69) is 29.1 Å². The Labute approximate surface area is 66.4 Å². The summed E-state index contributed by atoms with van der Waals surface area (Å²) in [5.41, 5.74) is -0.771. The third-order valence-electron chi connectivity index (χ3n) is 1.72. The zero-order chi connectivity index (χ0) is 7.45. The van der Waals surface area contributed by atoms with Crippen LogP contribution in [0, 0.1) is 11.2 Å². The van der Waals surface area contributed by atoms with E-state index in [0.29, 0.717) is 12.8 Å². The van der Waals surface area contributed by atoms with Crippen LogP contribution in [0.5, 0.6) is 0 Å². The fraction of sp³-hybridized carbons (Fsp3) is 0.714. The normalized spacial score (nSPS) is 23.0. The van der Waals surface area contributed by atoms with E-state index in [9.17, 15) is 5.11 Å². The number of hydrogen-bond donors (Lipinski definition) is 3. The van der Waals surface area contributed by atoms with E-state index in [1.54, 1.807) is 0 Å². The molecule has 1 aliphatic rings. The fourth-order valence-corrected chi connectivity index (χ4v) is 1.28. The smallest absolute Gasteiger partial charge is 0.128 e. The van der Waals surface area contributed by atoms with Crippen LogP contribution in [0.2, 0.25) is 0 Å². The van der Waals surface area contributed by atoms with E-state index in [-0.39, 0.29) is 0 Å². The van der Waals surface area contributed by atoms with Crippen molar-refractivity contribution >= 4 is 12.6 Å². The first kappa shape index (κ1) is 7.93. The Morgan fingerprint density at radius 1 is 1.40 bits per heavy atom. The van der Waals surface area contributed by atoms with Gasteiger partial charge in [0.2, 0.25) is 0 Å². The van der Waals surface area contributed by atoms with Crippen molar-refractivity contribution in [3.05, 3.63) is 0 Å². The highest BCUT2D eigenvalue weighted by atomic mass is 32.1. The molecule has 1 saturated heterocycles. The highest BCUT2D eigenvalue weighted by Gasteiger charge is 2.26. The molecule has 56 valence electrons. The molecule has 0 amide bonds. The number of rotatable bonds is 0. The summed E-state index contributed by atoms with van der Waals surface area (Å²) in [6.07, 6.45) is 1.42. The molecule has 0 aliphatic carbocycles. The molecule has 3 heteroatoms. The molecule has 0 aromatic heterocycles. The van der Waals surface area contributed by atoms with Crippen molar-refractivity contribution in [1.29, 1.82) is 0 Å². The maximum atomic E-state index is 9.61. The first-order valence-corrected chi connectivity index (χ1v) is 3.81. The Balaban J connectivity index is 2.53. The maximum Gasteiger partial charge on any atom is 0.128 e. The molecule has 1 aliphatic heterocycles. The van der Waals surface area contributed by atoms with Crippen LogP contribution in [0.15, 0.2) is 0 Å². The second-order valence-electron chi connectivity index (χ2n) is 2.52. The molecular formula is C7H11NOS. The second kappa shape index (κ2) is 3.29. The van der Waals surface area contributed by atoms with Crippen molar-refractivity contribution in [1.82, 2.24) is 5.32 Å². The summed E-state index contributed by atoms with van der Waals surface area (Å²) >= 11 is 3.74. The van der Waals surface area contributed by atoms with Crippen molar-refractivity contribution in [2.24, 2.45) is 0 Å². The SMILES string of the molecule is OC1(C#CS)CCNCC1. The molecule has 0 saturated carbocycles. The van der Waals surface area contributed by atoms with Crippen molar-refractivity contribution in [3.63, 3.8) is 0 Å². The van der Waals surface area contributed by atoms with Gasteiger partial charge in [0.25, 0.3) is 0 Å². The van der Waals surface area contributed by atoms with Gasteiger partial charge in [-0.25, -0.2) is 0 Å². The second-order valence-corrected chi connectivity index (χ2v) is 2.74. The van der Waals surface area contributed by atoms with Crippen LogP contribution in [0.25, 0.3) is 0 Å². The fourth-order valence-electron chi connectivity index (χ4n) is 1.07. The van der Waals surface area contributed by atoms with Crippen LogP contribution in [-0.2, 0) is 0 Å². The molecule has 0 aromatic carbocycles. The molecule has 0 atom stereocenters. The summed E-state index contributed by atoms with van der Waals surface area (Å²) in [5.74, 6) is 2.69. The Morgan fingerprint density at radius 3 is 2.50 bits per heavy atom. The Kier molecular flexibility index (Phi) is 2.61. The molecule has 10 heavy (non-hydrogen) atoms. The average molecular weight is 157 g/mol. The predicted octanol–water partition coefficient (Wildman–Crippen LogP) is -0.00840. The molecule has 2 N–H and O–H groups in total. The molecule has 1 heterocycles. The van der Waals surface area contributed by atoms with Crippen LogP contribution in [0.4, 0.5) is 0 Å². The summed E-state index contributed by atoms with van der Waals surface area (Å²) in [6.45, 7) is 1.69.